The van der Waals surface area contributed by atoms with E-state index in [4.69, 9.17) is 0 Å². The fourth-order valence-corrected chi connectivity index (χ4v) is 3.04. The van der Waals surface area contributed by atoms with Crippen LogP contribution < -0.4 is 5.32 Å². The molecule has 0 saturated heterocycles. The van der Waals surface area contributed by atoms with E-state index in [9.17, 15) is 9.90 Å². The van der Waals surface area contributed by atoms with Gasteiger partial charge in [-0.15, -0.1) is 0 Å². The highest BCUT2D eigenvalue weighted by atomic mass is 16.4. The van der Waals surface area contributed by atoms with E-state index in [0.717, 1.165) is 42.7 Å². The van der Waals surface area contributed by atoms with Crippen molar-refractivity contribution in [2.45, 2.75) is 25.7 Å². The number of para-hydroxylation sites is 2. The number of nitrogens with zero attached hydrogens (tertiary/aromatic N) is 1. The van der Waals surface area contributed by atoms with Crippen LogP contribution in [0, 0.1) is 11.8 Å². The first-order chi connectivity index (χ1) is 9.74. The molecule has 5 nitrogen and oxygen atoms in total. The summed E-state index contributed by atoms with van der Waals surface area (Å²) < 4.78 is 0. The lowest BCUT2D eigenvalue weighted by Gasteiger charge is -2.28. The fourth-order valence-electron chi connectivity index (χ4n) is 3.04. The third-order valence-corrected chi connectivity index (χ3v) is 4.15. The van der Waals surface area contributed by atoms with E-state index in [2.05, 4.69) is 15.3 Å². The van der Waals surface area contributed by atoms with Crippen LogP contribution >= 0.6 is 0 Å². The Hall–Kier alpha value is -2.04. The number of aliphatic carboxylic acids is 1. The number of hydrogen-bond donors (Lipinski definition) is 3. The molecular formula is C15H19N3O2. The maximum atomic E-state index is 11.3. The lowest BCUT2D eigenvalue weighted by Crippen LogP contribution is -2.31. The second-order valence-electron chi connectivity index (χ2n) is 5.47. The van der Waals surface area contributed by atoms with Gasteiger partial charge in [0.25, 0.3) is 0 Å². The van der Waals surface area contributed by atoms with E-state index >= 15 is 0 Å². The number of rotatable bonds is 4. The molecule has 0 radical (unpaired) electrons. The standard InChI is InChI=1S/C15H19N3O2/c19-14(20)11-6-2-1-5-10(11)9-16-15-17-12-7-3-4-8-13(12)18-15/h3-4,7-8,10-11H,1-2,5-6,9H2,(H,19,20)(H2,16,17,18)/t10-,11-/m0/s1. The Bertz CT molecular complexity index is 575. The molecule has 3 N–H and O–H groups in total. The number of carbonyl (C=O) groups is 1. The van der Waals surface area contributed by atoms with E-state index < -0.39 is 5.97 Å². The highest BCUT2D eigenvalue weighted by molar-refractivity contribution is 5.77. The topological polar surface area (TPSA) is 78.0 Å². The molecule has 0 bridgehead atoms. The third-order valence-electron chi connectivity index (χ3n) is 4.15. The van der Waals surface area contributed by atoms with E-state index in [1.807, 2.05) is 24.3 Å². The van der Waals surface area contributed by atoms with Crippen LogP contribution in [0.15, 0.2) is 24.3 Å². The predicted octanol–water partition coefficient (Wildman–Crippen LogP) is 2.87. The van der Waals surface area contributed by atoms with Gasteiger partial charge < -0.3 is 15.4 Å². The second kappa shape index (κ2) is 5.53. The van der Waals surface area contributed by atoms with Crippen LogP contribution in [-0.4, -0.2) is 27.6 Å². The van der Waals surface area contributed by atoms with Crippen LogP contribution in [0.2, 0.25) is 0 Å². The minimum Gasteiger partial charge on any atom is -0.481 e. The summed E-state index contributed by atoms with van der Waals surface area (Å²) in [6, 6.07) is 7.85. The van der Waals surface area contributed by atoms with E-state index in [0.29, 0.717) is 6.54 Å². The van der Waals surface area contributed by atoms with Crippen molar-refractivity contribution in [3.63, 3.8) is 0 Å². The molecule has 0 amide bonds. The minimum absolute atomic E-state index is 0.189. The number of hydrogen-bond acceptors (Lipinski definition) is 3. The van der Waals surface area contributed by atoms with Crippen molar-refractivity contribution in [2.24, 2.45) is 11.8 Å². The smallest absolute Gasteiger partial charge is 0.306 e. The van der Waals surface area contributed by atoms with Gasteiger partial charge in [-0.25, -0.2) is 4.98 Å². The van der Waals surface area contributed by atoms with Gasteiger partial charge in [-0.2, -0.15) is 0 Å². The highest BCUT2D eigenvalue weighted by Gasteiger charge is 2.30. The molecule has 1 fully saturated rings. The van der Waals surface area contributed by atoms with Gasteiger partial charge in [0, 0.05) is 6.54 Å². The molecule has 2 aromatic rings. The van der Waals surface area contributed by atoms with Gasteiger partial charge in [0.05, 0.1) is 17.0 Å². The molecule has 3 rings (SSSR count). The maximum absolute atomic E-state index is 11.3. The molecular weight excluding hydrogens is 254 g/mol. The molecule has 106 valence electrons. The Morgan fingerprint density at radius 3 is 2.95 bits per heavy atom. The number of imidazole rings is 1. The molecule has 2 atom stereocenters. The van der Waals surface area contributed by atoms with Gasteiger partial charge in [0.1, 0.15) is 0 Å². The summed E-state index contributed by atoms with van der Waals surface area (Å²) in [7, 11) is 0. The number of benzene rings is 1. The van der Waals surface area contributed by atoms with Gasteiger partial charge in [0.2, 0.25) is 5.95 Å². The number of carboxylic acids is 1. The zero-order valence-corrected chi connectivity index (χ0v) is 11.3. The van der Waals surface area contributed by atoms with Crippen molar-refractivity contribution >= 4 is 23.0 Å². The lowest BCUT2D eigenvalue weighted by molar-refractivity contribution is -0.144. The van der Waals surface area contributed by atoms with E-state index in [-0.39, 0.29) is 11.8 Å². The van der Waals surface area contributed by atoms with Crippen LogP contribution in [0.1, 0.15) is 25.7 Å². The SMILES string of the molecule is O=C(O)[C@H]1CCCC[C@H]1CNc1nc2ccccc2[nH]1. The number of aromatic amines is 1. The Kier molecular flexibility index (Phi) is 3.58. The van der Waals surface area contributed by atoms with E-state index in [1.54, 1.807) is 0 Å². The van der Waals surface area contributed by atoms with Crippen LogP contribution in [0.5, 0.6) is 0 Å². The lowest BCUT2D eigenvalue weighted by atomic mass is 9.79. The summed E-state index contributed by atoms with van der Waals surface area (Å²) in [4.78, 5) is 18.9. The number of carboxylic acid groups (broad SMARTS) is 1. The van der Waals surface area contributed by atoms with Crippen molar-refractivity contribution in [1.29, 1.82) is 0 Å². The second-order valence-corrected chi connectivity index (χ2v) is 5.47. The van der Waals surface area contributed by atoms with Crippen LogP contribution in [0.25, 0.3) is 11.0 Å². The average molecular weight is 273 g/mol. The minimum atomic E-state index is -0.666. The van der Waals surface area contributed by atoms with Crippen molar-refractivity contribution in [1.82, 2.24) is 9.97 Å². The van der Waals surface area contributed by atoms with Gasteiger partial charge in [-0.1, -0.05) is 25.0 Å². The number of fused-ring (bicyclic) bond motifs is 1. The Morgan fingerprint density at radius 2 is 2.15 bits per heavy atom. The first kappa shape index (κ1) is 13.0. The number of aromatic nitrogens is 2. The molecule has 0 aliphatic heterocycles. The number of H-pyrrole nitrogens is 1. The van der Waals surface area contributed by atoms with Crippen molar-refractivity contribution in [2.75, 3.05) is 11.9 Å². The first-order valence-corrected chi connectivity index (χ1v) is 7.15. The monoisotopic (exact) mass is 273 g/mol. The van der Waals surface area contributed by atoms with Crippen LogP contribution in [-0.2, 0) is 4.79 Å². The average Bonchev–Trinajstić information content (AvgIpc) is 2.88. The van der Waals surface area contributed by atoms with Crippen molar-refractivity contribution in [3.8, 4) is 0 Å². The fraction of sp³-hybridized carbons (Fsp3) is 0.467. The summed E-state index contributed by atoms with van der Waals surface area (Å²) in [6.07, 6.45) is 3.92. The Labute approximate surface area is 117 Å². The molecule has 1 saturated carbocycles. The molecule has 1 aromatic heterocycles. The highest BCUT2D eigenvalue weighted by Crippen LogP contribution is 2.30. The quantitative estimate of drug-likeness (QED) is 0.800. The van der Waals surface area contributed by atoms with Gasteiger partial charge >= 0.3 is 5.97 Å². The molecule has 1 aromatic carbocycles. The summed E-state index contributed by atoms with van der Waals surface area (Å²) in [6.45, 7) is 0.663. The molecule has 1 heterocycles. The zero-order chi connectivity index (χ0) is 13.9. The largest absolute Gasteiger partial charge is 0.481 e. The Morgan fingerprint density at radius 1 is 1.35 bits per heavy atom. The summed E-state index contributed by atoms with van der Waals surface area (Å²) in [5.74, 6) is 0.0251. The maximum Gasteiger partial charge on any atom is 0.306 e. The van der Waals surface area contributed by atoms with E-state index in [1.165, 1.54) is 0 Å². The molecule has 20 heavy (non-hydrogen) atoms. The van der Waals surface area contributed by atoms with Crippen LogP contribution in [0.3, 0.4) is 0 Å². The summed E-state index contributed by atoms with van der Waals surface area (Å²) in [5, 5.41) is 12.5. The predicted molar refractivity (Wildman–Crippen MR) is 77.7 cm³/mol. The zero-order valence-electron chi connectivity index (χ0n) is 11.3. The third kappa shape index (κ3) is 2.61. The van der Waals surface area contributed by atoms with Crippen molar-refractivity contribution < 1.29 is 9.90 Å². The van der Waals surface area contributed by atoms with Gasteiger partial charge in [0.15, 0.2) is 0 Å². The number of anilines is 1. The Balaban J connectivity index is 1.67. The van der Waals surface area contributed by atoms with Gasteiger partial charge in [-0.05, 0) is 30.9 Å². The first-order valence-electron chi connectivity index (χ1n) is 7.15. The number of nitrogens with one attached hydrogen (secondary N) is 2. The summed E-state index contributed by atoms with van der Waals surface area (Å²) in [5.41, 5.74) is 1.92. The van der Waals surface area contributed by atoms with Crippen molar-refractivity contribution in [3.05, 3.63) is 24.3 Å². The normalized spacial score (nSPS) is 22.8. The molecule has 0 unspecified atom stereocenters. The van der Waals surface area contributed by atoms with Crippen LogP contribution in [0.4, 0.5) is 5.95 Å². The molecule has 1 aliphatic rings. The molecule has 0 spiro atoms. The molecule has 5 heteroatoms. The summed E-state index contributed by atoms with van der Waals surface area (Å²) >= 11 is 0. The molecule has 1 aliphatic carbocycles. The van der Waals surface area contributed by atoms with Gasteiger partial charge in [-0.3, -0.25) is 4.79 Å².